The average molecular weight is 367 g/mol. The third kappa shape index (κ3) is 5.55. The van der Waals surface area contributed by atoms with E-state index >= 15 is 0 Å². The highest BCUT2D eigenvalue weighted by molar-refractivity contribution is 5.51. The fraction of sp³-hybridized carbons (Fsp3) is 0.524. The Morgan fingerprint density at radius 2 is 1.92 bits per heavy atom. The molecule has 144 valence electrons. The summed E-state index contributed by atoms with van der Waals surface area (Å²) in [6.45, 7) is 4.91. The Morgan fingerprint density at radius 3 is 2.50 bits per heavy atom. The van der Waals surface area contributed by atoms with Gasteiger partial charge in [0.25, 0.3) is 0 Å². The lowest BCUT2D eigenvalue weighted by atomic mass is 10.0. The van der Waals surface area contributed by atoms with E-state index in [1.54, 1.807) is 13.2 Å². The highest BCUT2D eigenvalue weighted by atomic mass is 19.4. The van der Waals surface area contributed by atoms with Gasteiger partial charge in [-0.2, -0.15) is 13.2 Å². The summed E-state index contributed by atoms with van der Waals surface area (Å²) in [7, 11) is 1.63. The number of methoxy groups -OCH3 is 1. The van der Waals surface area contributed by atoms with Crippen LogP contribution in [-0.4, -0.2) is 25.9 Å². The van der Waals surface area contributed by atoms with Crippen molar-refractivity contribution in [3.8, 4) is 5.75 Å². The molecule has 26 heavy (non-hydrogen) atoms. The lowest BCUT2D eigenvalue weighted by Gasteiger charge is -2.32. The van der Waals surface area contributed by atoms with E-state index in [0.717, 1.165) is 29.9 Å². The Balaban J connectivity index is 2.19. The molecule has 0 aromatic heterocycles. The van der Waals surface area contributed by atoms with Crippen LogP contribution in [0, 0.1) is 5.92 Å². The maximum absolute atomic E-state index is 13.0. The summed E-state index contributed by atoms with van der Waals surface area (Å²) in [4.78, 5) is 2.26. The van der Waals surface area contributed by atoms with Crippen LogP contribution in [0.3, 0.4) is 0 Å². The number of anilines is 1. The summed E-state index contributed by atoms with van der Waals surface area (Å²) in [5, 5.41) is 0. The topological polar surface area (TPSA) is 12.5 Å². The van der Waals surface area contributed by atoms with E-state index in [1.165, 1.54) is 6.08 Å². The smallest absolute Gasteiger partial charge is 0.395 e. The second-order valence-corrected chi connectivity index (χ2v) is 6.83. The first kappa shape index (κ1) is 20.4. The van der Waals surface area contributed by atoms with Gasteiger partial charge in [0.2, 0.25) is 0 Å². The first-order valence-corrected chi connectivity index (χ1v) is 9.19. The zero-order valence-corrected chi connectivity index (χ0v) is 15.7. The van der Waals surface area contributed by atoms with Gasteiger partial charge in [0.05, 0.1) is 13.0 Å². The number of allylic oxidation sites excluding steroid dienone is 2. The maximum atomic E-state index is 13.0. The van der Waals surface area contributed by atoms with E-state index < -0.39 is 12.1 Å². The summed E-state index contributed by atoms with van der Waals surface area (Å²) in [5.74, 6) is -0.558. The van der Waals surface area contributed by atoms with Gasteiger partial charge >= 0.3 is 6.18 Å². The lowest BCUT2D eigenvalue weighted by molar-refractivity contribution is -0.162. The summed E-state index contributed by atoms with van der Waals surface area (Å²) in [6, 6.07) is 8.13. The van der Waals surface area contributed by atoms with E-state index in [1.807, 2.05) is 30.3 Å². The molecular weight excluding hydrogens is 339 g/mol. The molecule has 0 aliphatic heterocycles. The standard InChI is InChI=1S/C21H28F3NO/c1-4-6-16(2)25(19-11-13-20(26-3)14-12-19)15-17-7-5-8-18(10-9-17)21(22,23)24/h7,9-14,16,18H,4-6,8,15H2,1-3H3. The van der Waals surface area contributed by atoms with Crippen LogP contribution >= 0.6 is 0 Å². The molecule has 1 aromatic rings. The van der Waals surface area contributed by atoms with E-state index in [-0.39, 0.29) is 6.42 Å². The summed E-state index contributed by atoms with van der Waals surface area (Å²) >= 11 is 0. The molecule has 0 fully saturated rings. The Bertz CT molecular complexity index is 619. The van der Waals surface area contributed by atoms with Gasteiger partial charge in [0, 0.05) is 18.3 Å². The van der Waals surface area contributed by atoms with Crippen molar-refractivity contribution >= 4 is 5.69 Å². The van der Waals surface area contributed by atoms with Gasteiger partial charge in [-0.05, 0) is 56.0 Å². The van der Waals surface area contributed by atoms with Gasteiger partial charge in [0.15, 0.2) is 0 Å². The molecular formula is C21H28F3NO. The molecule has 0 saturated carbocycles. The predicted octanol–water partition coefficient (Wildman–Crippen LogP) is 6.15. The normalized spacial score (nSPS) is 18.8. The summed E-state index contributed by atoms with van der Waals surface area (Å²) in [6.07, 6.45) is 3.40. The molecule has 1 aliphatic carbocycles. The number of hydrogen-bond acceptors (Lipinski definition) is 2. The molecule has 1 aliphatic rings. The minimum Gasteiger partial charge on any atom is -0.497 e. The summed E-state index contributed by atoms with van der Waals surface area (Å²) in [5.41, 5.74) is 1.99. The van der Waals surface area contributed by atoms with Crippen LogP contribution in [0.25, 0.3) is 0 Å². The van der Waals surface area contributed by atoms with E-state index in [9.17, 15) is 13.2 Å². The first-order chi connectivity index (χ1) is 12.3. The van der Waals surface area contributed by atoms with E-state index in [0.29, 0.717) is 19.0 Å². The van der Waals surface area contributed by atoms with Gasteiger partial charge < -0.3 is 9.64 Å². The number of rotatable bonds is 7. The highest BCUT2D eigenvalue weighted by Gasteiger charge is 2.37. The third-order valence-electron chi connectivity index (χ3n) is 4.84. The first-order valence-electron chi connectivity index (χ1n) is 9.19. The lowest BCUT2D eigenvalue weighted by Crippen LogP contribution is -2.34. The second kappa shape index (κ2) is 9.15. The molecule has 0 bridgehead atoms. The number of halogens is 3. The predicted molar refractivity (Wildman–Crippen MR) is 101 cm³/mol. The molecule has 2 unspecified atom stereocenters. The molecule has 2 rings (SSSR count). The monoisotopic (exact) mass is 367 g/mol. The Kier molecular flexibility index (Phi) is 7.18. The molecule has 0 N–H and O–H groups in total. The fourth-order valence-corrected chi connectivity index (χ4v) is 3.29. The minimum absolute atomic E-state index is 0.122. The van der Waals surface area contributed by atoms with Crippen LogP contribution < -0.4 is 9.64 Å². The van der Waals surface area contributed by atoms with E-state index in [2.05, 4.69) is 18.7 Å². The van der Waals surface area contributed by atoms with Gasteiger partial charge in [-0.15, -0.1) is 0 Å². The quantitative estimate of drug-likeness (QED) is 0.573. The number of benzene rings is 1. The van der Waals surface area contributed by atoms with Crippen molar-refractivity contribution in [1.82, 2.24) is 0 Å². The van der Waals surface area contributed by atoms with Crippen molar-refractivity contribution in [3.63, 3.8) is 0 Å². The molecule has 0 spiro atoms. The second-order valence-electron chi connectivity index (χ2n) is 6.83. The highest BCUT2D eigenvalue weighted by Crippen LogP contribution is 2.33. The number of alkyl halides is 3. The molecule has 1 aromatic carbocycles. The van der Waals surface area contributed by atoms with Crippen LogP contribution in [0.1, 0.15) is 39.5 Å². The largest absolute Gasteiger partial charge is 0.497 e. The molecule has 0 heterocycles. The maximum Gasteiger partial charge on any atom is 0.395 e. The Hall–Kier alpha value is -1.91. The van der Waals surface area contributed by atoms with Crippen molar-refractivity contribution in [3.05, 3.63) is 48.1 Å². The van der Waals surface area contributed by atoms with Crippen LogP contribution in [0.15, 0.2) is 48.1 Å². The van der Waals surface area contributed by atoms with Gasteiger partial charge in [-0.3, -0.25) is 0 Å². The number of hydrogen-bond donors (Lipinski definition) is 0. The Morgan fingerprint density at radius 1 is 1.23 bits per heavy atom. The Labute approximate surface area is 154 Å². The van der Waals surface area contributed by atoms with Gasteiger partial charge in [-0.25, -0.2) is 0 Å². The average Bonchev–Trinajstić information content (AvgIpc) is 2.85. The molecule has 2 nitrogen and oxygen atoms in total. The zero-order valence-electron chi connectivity index (χ0n) is 15.7. The van der Waals surface area contributed by atoms with Crippen molar-refractivity contribution in [2.45, 2.75) is 51.7 Å². The van der Waals surface area contributed by atoms with Gasteiger partial charge in [0.1, 0.15) is 5.75 Å². The summed E-state index contributed by atoms with van der Waals surface area (Å²) < 4.78 is 44.2. The van der Waals surface area contributed by atoms with Crippen molar-refractivity contribution in [2.24, 2.45) is 5.92 Å². The molecule has 0 radical (unpaired) electrons. The third-order valence-corrected chi connectivity index (χ3v) is 4.84. The number of nitrogens with zero attached hydrogens (tertiary/aromatic N) is 1. The molecule has 0 amide bonds. The van der Waals surface area contributed by atoms with Gasteiger partial charge in [-0.1, -0.05) is 31.6 Å². The van der Waals surface area contributed by atoms with Crippen molar-refractivity contribution in [1.29, 1.82) is 0 Å². The zero-order chi connectivity index (χ0) is 19.2. The van der Waals surface area contributed by atoms with Crippen LogP contribution in [0.5, 0.6) is 5.75 Å². The van der Waals surface area contributed by atoms with Crippen LogP contribution in [0.2, 0.25) is 0 Å². The molecule has 0 saturated heterocycles. The molecule has 2 atom stereocenters. The van der Waals surface area contributed by atoms with E-state index in [4.69, 9.17) is 4.74 Å². The van der Waals surface area contributed by atoms with Crippen molar-refractivity contribution < 1.29 is 17.9 Å². The van der Waals surface area contributed by atoms with Crippen LogP contribution in [-0.2, 0) is 0 Å². The minimum atomic E-state index is -4.16. The number of ether oxygens (including phenoxy) is 1. The SMILES string of the molecule is CCCC(C)N(CC1=CCCC(C(F)(F)F)C=C1)c1ccc(OC)cc1. The fourth-order valence-electron chi connectivity index (χ4n) is 3.29. The van der Waals surface area contributed by atoms with Crippen LogP contribution in [0.4, 0.5) is 18.9 Å². The molecule has 5 heteroatoms. The van der Waals surface area contributed by atoms with Crippen molar-refractivity contribution in [2.75, 3.05) is 18.6 Å².